The lowest BCUT2D eigenvalue weighted by atomic mass is 9.90. The number of para-hydroxylation sites is 1. The zero-order valence-electron chi connectivity index (χ0n) is 70.5. The van der Waals surface area contributed by atoms with Crippen LogP contribution >= 0.6 is 0 Å². The van der Waals surface area contributed by atoms with Crippen molar-refractivity contribution in [2.45, 2.75) is 215 Å². The molecule has 41 heteroatoms. The summed E-state index contributed by atoms with van der Waals surface area (Å²) < 4.78 is 0. The first kappa shape index (κ1) is 96.8. The normalized spacial score (nSPS) is 20.8. The number of guanidine groups is 4. The average Bonchev–Trinajstić information content (AvgIpc) is 1.67. The molecule has 41 nitrogen and oxygen atoms in total. The van der Waals surface area contributed by atoms with Gasteiger partial charge in [0.05, 0.1) is 18.8 Å². The molecule has 0 aliphatic carbocycles. The topological polar surface area (TPSA) is 667 Å². The monoisotopic (exact) mass is 1730 g/mol. The van der Waals surface area contributed by atoms with Crippen molar-refractivity contribution in [3.63, 3.8) is 0 Å². The summed E-state index contributed by atoms with van der Waals surface area (Å²) in [5.41, 5.74) is 31.4. The van der Waals surface area contributed by atoms with E-state index in [0.717, 1.165) is 0 Å². The number of nitrogens with two attached hydrogens (primary N) is 5. The van der Waals surface area contributed by atoms with Gasteiger partial charge in [0.2, 0.25) is 70.9 Å². The van der Waals surface area contributed by atoms with E-state index in [1.165, 1.54) is 22.3 Å². The lowest BCUT2D eigenvalue weighted by molar-refractivity contribution is -0.148. The number of ketones is 1. The minimum Gasteiger partial charge on any atom is -0.378 e. The lowest BCUT2D eigenvalue weighted by Crippen LogP contribution is -2.60. The highest BCUT2D eigenvalue weighted by Crippen LogP contribution is 2.28. The number of Topliss-reactive ketones (excluding diaryl/α,β-unsaturated/α-hetero) is 1. The Labute approximate surface area is 724 Å². The van der Waals surface area contributed by atoms with E-state index >= 15 is 38.4 Å². The van der Waals surface area contributed by atoms with Crippen LogP contribution in [0, 0.1) is 27.6 Å². The maximum absolute atomic E-state index is 15.6. The zero-order chi connectivity index (χ0) is 90.5. The van der Waals surface area contributed by atoms with Gasteiger partial charge < -0.3 is 123 Å². The Kier molecular flexibility index (Phi) is 38.3. The van der Waals surface area contributed by atoms with Gasteiger partial charge in [-0.05, 0) is 139 Å². The Morgan fingerprint density at radius 1 is 0.472 bits per heavy atom. The number of nitrogens with one attached hydrogen (secondary N) is 20. The van der Waals surface area contributed by atoms with Gasteiger partial charge in [0.1, 0.15) is 60.4 Å². The number of aromatic amines is 2. The van der Waals surface area contributed by atoms with E-state index in [9.17, 15) is 24.0 Å². The third-order valence-electron chi connectivity index (χ3n) is 21.8. The summed E-state index contributed by atoms with van der Waals surface area (Å²) in [6.45, 7) is 6.23. The van der Waals surface area contributed by atoms with Crippen molar-refractivity contribution < 1.29 is 62.3 Å². The Hall–Kier alpha value is -13.7. The number of fused-ring (bicyclic) bond motifs is 3. The summed E-state index contributed by atoms with van der Waals surface area (Å²) in [6.07, 6.45) is 4.71. The van der Waals surface area contributed by atoms with Gasteiger partial charge in [-0.2, -0.15) is 0 Å². The van der Waals surface area contributed by atoms with Crippen LogP contribution in [0.25, 0.3) is 10.9 Å². The number of primary amides is 1. The lowest BCUT2D eigenvalue weighted by Gasteiger charge is -2.34. The van der Waals surface area contributed by atoms with Gasteiger partial charge in [-0.1, -0.05) is 85.4 Å². The van der Waals surface area contributed by atoms with E-state index in [1.807, 2.05) is 0 Å². The average molecular weight is 1730 g/mol. The molecule has 5 aromatic rings. The van der Waals surface area contributed by atoms with E-state index < -0.39 is 162 Å². The Balaban J connectivity index is 1.15. The first-order valence-corrected chi connectivity index (χ1v) is 42.4. The third-order valence-corrected chi connectivity index (χ3v) is 21.8. The highest BCUT2D eigenvalue weighted by atomic mass is 16.2. The number of carbonyl (C=O) groups excluding carboxylic acids is 13. The second-order valence-electron chi connectivity index (χ2n) is 31.7. The molecule has 3 saturated heterocycles. The number of rotatable bonds is 39. The number of amides is 12. The van der Waals surface area contributed by atoms with Gasteiger partial charge >= 0.3 is 0 Å². The van der Waals surface area contributed by atoms with Crippen molar-refractivity contribution in [2.24, 2.45) is 34.6 Å². The first-order valence-electron chi connectivity index (χ1n) is 42.4. The van der Waals surface area contributed by atoms with Crippen LogP contribution in [0.15, 0.2) is 116 Å². The molecule has 676 valence electrons. The SMILES string of the molecule is C=C(C)N[C@@H](CCCNC(=N)N)C(=O)N[C@@H](CCCCNC(=N)N)C(=O)N[C@@H](CCCNC(=N)N)C(=O)NCCCC[C@@H]1NC(=O)[C@H](CC(N)=O)NC(=O)[C@H](Cc2c[nH]c3ccccc23)NC(=O)[C@H](CCCNC(=N)N)CC(=O)[C@@H](Cc2ccccc2)NC(=O)[C@H](Cc2cnc[nH]2)NC(=O)[C@@H]2CCCN2C(=O)[C@H]2CCCN2C(=O)[C@H](Cc2ccccc2)NC1=O. The maximum atomic E-state index is 15.6. The fraction of sp³-hybridized carbons (Fsp3) is 0.500. The van der Waals surface area contributed by atoms with Gasteiger partial charge in [-0.3, -0.25) is 84.0 Å². The number of hydrogen-bond acceptors (Lipinski definition) is 19. The number of hydrogen-bond donors (Lipinski definition) is 25. The summed E-state index contributed by atoms with van der Waals surface area (Å²) in [7, 11) is 0. The van der Waals surface area contributed by atoms with Crippen LogP contribution in [0.3, 0.4) is 0 Å². The molecular formula is C84H122N28O13. The fourth-order valence-corrected chi connectivity index (χ4v) is 15.5. The van der Waals surface area contributed by atoms with Crippen molar-refractivity contribution in [3.05, 3.63) is 138 Å². The number of nitrogens with zero attached hydrogens (tertiary/aromatic N) is 3. The minimum atomic E-state index is -1.90. The van der Waals surface area contributed by atoms with Gasteiger partial charge in [0, 0.05) is 112 Å². The molecule has 3 fully saturated rings. The quantitative estimate of drug-likeness (QED) is 0.0112. The summed E-state index contributed by atoms with van der Waals surface area (Å²) in [5.74, 6) is -13.0. The van der Waals surface area contributed by atoms with Crippen LogP contribution in [-0.2, 0) is 88.0 Å². The summed E-state index contributed by atoms with van der Waals surface area (Å²) >= 11 is 0. The molecule has 8 rings (SSSR count). The molecular weight excluding hydrogens is 1610 g/mol. The van der Waals surface area contributed by atoms with Crippen LogP contribution in [0.4, 0.5) is 0 Å². The molecule has 12 atom stereocenters. The van der Waals surface area contributed by atoms with Crippen molar-refractivity contribution >= 4 is 111 Å². The zero-order valence-corrected chi connectivity index (χ0v) is 70.5. The molecule has 2 aromatic heterocycles. The van der Waals surface area contributed by atoms with E-state index in [1.54, 1.807) is 98.0 Å². The highest BCUT2D eigenvalue weighted by molar-refractivity contribution is 6.01. The summed E-state index contributed by atoms with van der Waals surface area (Å²) in [6, 6.07) is 9.31. The van der Waals surface area contributed by atoms with Gasteiger partial charge in [-0.15, -0.1) is 0 Å². The van der Waals surface area contributed by atoms with Gasteiger partial charge in [0.15, 0.2) is 29.6 Å². The molecule has 12 amide bonds. The van der Waals surface area contributed by atoms with Crippen molar-refractivity contribution in [3.8, 4) is 0 Å². The number of allylic oxidation sites excluding steroid dienone is 1. The van der Waals surface area contributed by atoms with Crippen LogP contribution in [0.2, 0.25) is 0 Å². The molecule has 0 spiro atoms. The first-order chi connectivity index (χ1) is 59.9. The minimum absolute atomic E-state index is 0.000762. The van der Waals surface area contributed by atoms with Crippen molar-refractivity contribution in [2.75, 3.05) is 45.8 Å². The van der Waals surface area contributed by atoms with E-state index in [-0.39, 0.29) is 166 Å². The number of aromatic nitrogens is 3. The maximum Gasteiger partial charge on any atom is 0.246 e. The molecule has 3 aliphatic heterocycles. The highest BCUT2D eigenvalue weighted by Gasteiger charge is 2.46. The van der Waals surface area contributed by atoms with Crippen LogP contribution in [-0.4, -0.2) is 238 Å². The molecule has 3 aromatic carbocycles. The Morgan fingerprint density at radius 2 is 0.944 bits per heavy atom. The predicted molar refractivity (Wildman–Crippen MR) is 466 cm³/mol. The molecule has 3 aliphatic rings. The molecule has 5 heterocycles. The molecule has 0 radical (unpaired) electrons. The summed E-state index contributed by atoms with van der Waals surface area (Å²) in [4.78, 5) is 208. The van der Waals surface area contributed by atoms with Crippen LogP contribution < -0.4 is 103 Å². The second-order valence-corrected chi connectivity index (χ2v) is 31.7. The van der Waals surface area contributed by atoms with E-state index in [4.69, 9.17) is 50.3 Å². The van der Waals surface area contributed by atoms with Crippen LogP contribution in [0.1, 0.15) is 145 Å². The molecule has 125 heavy (non-hydrogen) atoms. The molecule has 30 N–H and O–H groups in total. The number of unbranched alkanes of at least 4 members (excludes halogenated alkanes) is 2. The molecule has 0 bridgehead atoms. The second kappa shape index (κ2) is 49.4. The van der Waals surface area contributed by atoms with E-state index in [2.05, 4.69) is 96.0 Å². The Bertz CT molecular complexity index is 4570. The van der Waals surface area contributed by atoms with Gasteiger partial charge in [0.25, 0.3) is 0 Å². The Morgan fingerprint density at radius 3 is 1.54 bits per heavy atom. The fourth-order valence-electron chi connectivity index (χ4n) is 15.5. The molecule has 0 unspecified atom stereocenters. The van der Waals surface area contributed by atoms with Crippen molar-refractivity contribution in [1.29, 1.82) is 21.6 Å². The predicted octanol–water partition coefficient (Wildman–Crippen LogP) is -2.29. The largest absolute Gasteiger partial charge is 0.378 e. The van der Waals surface area contributed by atoms with Gasteiger partial charge in [-0.25, -0.2) is 4.98 Å². The number of carbonyl (C=O) groups is 13. The van der Waals surface area contributed by atoms with Crippen LogP contribution in [0.5, 0.6) is 0 Å². The summed E-state index contributed by atoms with van der Waals surface area (Å²) in [5, 5.41) is 70.4. The standard InChI is InChI=1S/C84H122N28O13/c1-49(2)102-58(30-17-37-99-84(92)93)72(117)104-59(28-12-14-34-96-81(86)87)73(118)103-57(29-16-36-98-83(90)91)71(116)95-33-13-11-27-60-74(119)110-65(41-51-22-7-4-8-23-51)79(124)112-39-19-32-67(112)80(125)111-38-18-31-66(111)78(123)109-63(44-54-47-94-48-101-54)76(121)106-61(40-50-20-5-3-6-21-50)68(113)43-52(24-15-35-97-82(88)89)70(115)107-62(42-53-46-100-56-26-10-9-25-55(53)56)75(120)108-64(45-69(85)114)77(122)105-60/h3-10,20-23,25-26,46-48,52,57-67,100,102H,1,11-19,24,27-45H2,2H3,(H2,85,114)(H,94,101)(H,95,116)(H,103,118)(H,104,117)(H,105,122)(H,106,121)(H,107,115)(H,108,120)(H,109,123)(H,110,119)(H4,86,87,96)(H4,88,89,97)(H4,90,91,98)(H4,92,93,99)/t52-,57+,58+,59+,60+,61-,62+,63+,64+,65+,66+,67-/m1/s1. The third kappa shape index (κ3) is 31.6. The number of H-pyrrole nitrogens is 2. The van der Waals surface area contributed by atoms with Crippen molar-refractivity contribution in [1.82, 2.24) is 99.2 Å². The molecule has 0 saturated carbocycles. The number of benzene rings is 3. The van der Waals surface area contributed by atoms with E-state index in [0.29, 0.717) is 71.1 Å². The smallest absolute Gasteiger partial charge is 0.246 e. The number of imidazole rings is 1.